The van der Waals surface area contributed by atoms with E-state index in [1.807, 2.05) is 0 Å². The summed E-state index contributed by atoms with van der Waals surface area (Å²) in [5.41, 5.74) is 0. The molecule has 3 fully saturated rings. The van der Waals surface area contributed by atoms with E-state index in [1.165, 1.54) is 0 Å². The highest BCUT2D eigenvalue weighted by Crippen LogP contribution is 2.41. The van der Waals surface area contributed by atoms with Crippen LogP contribution < -0.4 is 5.32 Å². The normalized spacial score (nSPS) is 40.0. The molecule has 3 saturated heterocycles. The van der Waals surface area contributed by atoms with Crippen LogP contribution in [-0.4, -0.2) is 47.1 Å². The SMILES string of the molecule is C[C@@H]1CNC[C@H]1C(=O)N1C2CCC1CC(CC(=O)O)C2. The van der Waals surface area contributed by atoms with Gasteiger partial charge in [0.2, 0.25) is 5.91 Å². The topological polar surface area (TPSA) is 69.6 Å². The number of fused-ring (bicyclic) bond motifs is 2. The van der Waals surface area contributed by atoms with E-state index in [0.29, 0.717) is 23.9 Å². The minimum atomic E-state index is -0.706. The highest BCUT2D eigenvalue weighted by molar-refractivity contribution is 5.81. The molecule has 3 aliphatic heterocycles. The summed E-state index contributed by atoms with van der Waals surface area (Å²) in [6.07, 6.45) is 4.13. The molecule has 0 saturated carbocycles. The average molecular weight is 280 g/mol. The Morgan fingerprint density at radius 2 is 1.85 bits per heavy atom. The van der Waals surface area contributed by atoms with Crippen molar-refractivity contribution in [3.63, 3.8) is 0 Å². The number of amides is 1. The zero-order valence-electron chi connectivity index (χ0n) is 12.0. The summed E-state index contributed by atoms with van der Waals surface area (Å²) in [6, 6.07) is 0.580. The Labute approximate surface area is 119 Å². The first-order valence-corrected chi connectivity index (χ1v) is 7.81. The first-order chi connectivity index (χ1) is 9.56. The predicted octanol–water partition coefficient (Wildman–Crippen LogP) is 1.09. The summed E-state index contributed by atoms with van der Waals surface area (Å²) >= 11 is 0. The molecule has 5 heteroatoms. The molecule has 3 aliphatic rings. The van der Waals surface area contributed by atoms with Gasteiger partial charge in [0.15, 0.2) is 0 Å². The second-order valence-electron chi connectivity index (χ2n) is 6.81. The lowest BCUT2D eigenvalue weighted by Crippen LogP contribution is -2.50. The second-order valence-corrected chi connectivity index (χ2v) is 6.81. The van der Waals surface area contributed by atoms with E-state index in [0.717, 1.165) is 38.8 Å². The van der Waals surface area contributed by atoms with E-state index in [4.69, 9.17) is 5.11 Å². The highest BCUT2D eigenvalue weighted by atomic mass is 16.4. The summed E-state index contributed by atoms with van der Waals surface area (Å²) in [7, 11) is 0. The molecule has 0 aliphatic carbocycles. The second kappa shape index (κ2) is 5.35. The Morgan fingerprint density at radius 3 is 2.35 bits per heavy atom. The Balaban J connectivity index is 1.67. The number of piperidine rings is 1. The van der Waals surface area contributed by atoms with Crippen LogP contribution in [0.4, 0.5) is 0 Å². The molecule has 5 nitrogen and oxygen atoms in total. The van der Waals surface area contributed by atoms with E-state index >= 15 is 0 Å². The lowest BCUT2D eigenvalue weighted by atomic mass is 9.86. The third-order valence-electron chi connectivity index (χ3n) is 5.38. The number of hydrogen-bond donors (Lipinski definition) is 2. The van der Waals surface area contributed by atoms with Gasteiger partial charge in [0.05, 0.1) is 5.92 Å². The fourth-order valence-corrected chi connectivity index (χ4v) is 4.40. The number of carbonyl (C=O) groups excluding carboxylic acids is 1. The maximum absolute atomic E-state index is 12.8. The molecule has 0 aromatic rings. The molecule has 4 atom stereocenters. The number of aliphatic carboxylic acids is 1. The van der Waals surface area contributed by atoms with Crippen LogP contribution in [0.25, 0.3) is 0 Å². The van der Waals surface area contributed by atoms with Gasteiger partial charge in [0.25, 0.3) is 0 Å². The zero-order chi connectivity index (χ0) is 14.3. The van der Waals surface area contributed by atoms with E-state index in [1.54, 1.807) is 0 Å². The molecular weight excluding hydrogens is 256 g/mol. The molecule has 0 aromatic heterocycles. The third kappa shape index (κ3) is 2.43. The molecule has 112 valence electrons. The molecular formula is C15H24N2O3. The van der Waals surface area contributed by atoms with Crippen molar-refractivity contribution < 1.29 is 14.7 Å². The summed E-state index contributed by atoms with van der Waals surface area (Å²) in [6.45, 7) is 3.87. The van der Waals surface area contributed by atoms with Gasteiger partial charge in [-0.1, -0.05) is 6.92 Å². The molecule has 2 N–H and O–H groups in total. The molecule has 2 bridgehead atoms. The average Bonchev–Trinajstić information content (AvgIpc) is 2.90. The van der Waals surface area contributed by atoms with Gasteiger partial charge in [-0.25, -0.2) is 0 Å². The van der Waals surface area contributed by atoms with Gasteiger partial charge in [-0.15, -0.1) is 0 Å². The summed E-state index contributed by atoms with van der Waals surface area (Å²) in [5, 5.41) is 12.3. The quantitative estimate of drug-likeness (QED) is 0.812. The van der Waals surface area contributed by atoms with Crippen molar-refractivity contribution in [3.05, 3.63) is 0 Å². The van der Waals surface area contributed by atoms with Crippen LogP contribution in [0.5, 0.6) is 0 Å². The molecule has 1 amide bonds. The largest absolute Gasteiger partial charge is 0.481 e. The number of carboxylic acids is 1. The molecule has 2 unspecified atom stereocenters. The van der Waals surface area contributed by atoms with Gasteiger partial charge in [-0.3, -0.25) is 9.59 Å². The Hall–Kier alpha value is -1.10. The summed E-state index contributed by atoms with van der Waals surface area (Å²) in [5.74, 6) is 0.396. The van der Waals surface area contributed by atoms with E-state index in [2.05, 4.69) is 17.1 Å². The lowest BCUT2D eigenvalue weighted by Gasteiger charge is -2.40. The van der Waals surface area contributed by atoms with Crippen molar-refractivity contribution in [1.82, 2.24) is 10.2 Å². The van der Waals surface area contributed by atoms with Crippen LogP contribution in [0.1, 0.15) is 39.0 Å². The Bertz CT molecular complexity index is 398. The van der Waals surface area contributed by atoms with Crippen LogP contribution in [0.2, 0.25) is 0 Å². The fraction of sp³-hybridized carbons (Fsp3) is 0.867. The summed E-state index contributed by atoms with van der Waals surface area (Å²) in [4.78, 5) is 25.8. The summed E-state index contributed by atoms with van der Waals surface area (Å²) < 4.78 is 0. The molecule has 0 spiro atoms. The van der Waals surface area contributed by atoms with Gasteiger partial charge >= 0.3 is 5.97 Å². The molecule has 3 heterocycles. The van der Waals surface area contributed by atoms with Gasteiger partial charge in [0.1, 0.15) is 0 Å². The zero-order valence-corrected chi connectivity index (χ0v) is 12.0. The van der Waals surface area contributed by atoms with Crippen molar-refractivity contribution >= 4 is 11.9 Å². The fourth-order valence-electron chi connectivity index (χ4n) is 4.40. The maximum Gasteiger partial charge on any atom is 0.303 e. The van der Waals surface area contributed by atoms with Crippen LogP contribution in [0.15, 0.2) is 0 Å². The maximum atomic E-state index is 12.8. The first kappa shape index (κ1) is 13.9. The van der Waals surface area contributed by atoms with E-state index < -0.39 is 5.97 Å². The minimum Gasteiger partial charge on any atom is -0.481 e. The number of carbonyl (C=O) groups is 2. The van der Waals surface area contributed by atoms with Gasteiger partial charge in [-0.05, 0) is 44.1 Å². The van der Waals surface area contributed by atoms with Crippen LogP contribution >= 0.6 is 0 Å². The van der Waals surface area contributed by atoms with Gasteiger partial charge < -0.3 is 15.3 Å². The highest BCUT2D eigenvalue weighted by Gasteiger charge is 2.46. The van der Waals surface area contributed by atoms with Crippen LogP contribution in [0.3, 0.4) is 0 Å². The number of carboxylic acid groups (broad SMARTS) is 1. The third-order valence-corrected chi connectivity index (χ3v) is 5.38. The number of hydrogen-bond acceptors (Lipinski definition) is 3. The number of rotatable bonds is 3. The van der Waals surface area contributed by atoms with Crippen molar-refractivity contribution in [2.75, 3.05) is 13.1 Å². The van der Waals surface area contributed by atoms with E-state index in [9.17, 15) is 9.59 Å². The Kier molecular flexibility index (Phi) is 3.71. The Morgan fingerprint density at radius 1 is 1.20 bits per heavy atom. The number of nitrogens with one attached hydrogen (secondary N) is 1. The molecule has 3 rings (SSSR count). The predicted molar refractivity (Wildman–Crippen MR) is 74.2 cm³/mol. The van der Waals surface area contributed by atoms with E-state index in [-0.39, 0.29) is 18.3 Å². The minimum absolute atomic E-state index is 0.120. The first-order valence-electron chi connectivity index (χ1n) is 7.81. The van der Waals surface area contributed by atoms with Crippen LogP contribution in [0, 0.1) is 17.8 Å². The van der Waals surface area contributed by atoms with Crippen molar-refractivity contribution in [2.24, 2.45) is 17.8 Å². The van der Waals surface area contributed by atoms with Crippen molar-refractivity contribution in [2.45, 2.75) is 51.1 Å². The smallest absolute Gasteiger partial charge is 0.303 e. The molecule has 0 radical (unpaired) electrons. The van der Waals surface area contributed by atoms with Crippen molar-refractivity contribution in [1.29, 1.82) is 0 Å². The number of nitrogens with zero attached hydrogens (tertiary/aromatic N) is 1. The monoisotopic (exact) mass is 280 g/mol. The lowest BCUT2D eigenvalue weighted by molar-refractivity contribution is -0.142. The van der Waals surface area contributed by atoms with Gasteiger partial charge in [-0.2, -0.15) is 0 Å². The van der Waals surface area contributed by atoms with Crippen LogP contribution in [-0.2, 0) is 9.59 Å². The standard InChI is InChI=1S/C15H24N2O3/c1-9-7-16-8-13(9)15(20)17-11-2-3-12(17)5-10(4-11)6-14(18)19/h9-13,16H,2-8H2,1H3,(H,18,19)/t9-,10?,11?,12?,13-/m1/s1. The van der Waals surface area contributed by atoms with Gasteiger partial charge in [0, 0.05) is 25.0 Å². The molecule has 20 heavy (non-hydrogen) atoms. The molecule has 0 aromatic carbocycles. The van der Waals surface area contributed by atoms with Crippen molar-refractivity contribution in [3.8, 4) is 0 Å².